The van der Waals surface area contributed by atoms with E-state index in [0.717, 1.165) is 112 Å². The maximum atomic E-state index is 13.4. The molecule has 4 aromatic carbocycles. The molecule has 4 aliphatic rings. The molecule has 16 heteroatoms. The Balaban J connectivity index is 0.000000186. The third kappa shape index (κ3) is 13.1. The van der Waals surface area contributed by atoms with Crippen LogP contribution in [0.5, 0.6) is 11.5 Å². The van der Waals surface area contributed by atoms with Crippen molar-refractivity contribution in [3.63, 3.8) is 0 Å². The van der Waals surface area contributed by atoms with Crippen LogP contribution in [0, 0.1) is 23.5 Å². The predicted molar refractivity (Wildman–Crippen MR) is 298 cm³/mol. The smallest absolute Gasteiger partial charge is 0.246 e. The Kier molecular flexibility index (Phi) is 18.5. The Morgan fingerprint density at radius 1 is 0.579 bits per heavy atom. The number of benzene rings is 4. The summed E-state index contributed by atoms with van der Waals surface area (Å²) in [5, 5.41) is 24.1. The highest BCUT2D eigenvalue weighted by Crippen LogP contribution is 2.39. The first-order chi connectivity index (χ1) is 36.9. The van der Waals surface area contributed by atoms with Gasteiger partial charge in [0, 0.05) is 96.7 Å². The van der Waals surface area contributed by atoms with E-state index in [1.165, 1.54) is 46.2 Å². The molecular formula is C60H70Cl2F2N6O6. The molecule has 2 unspecified atom stereocenters. The summed E-state index contributed by atoms with van der Waals surface area (Å²) in [6.45, 7) is 6.71. The highest BCUT2D eigenvalue weighted by molar-refractivity contribution is 6.42. The summed E-state index contributed by atoms with van der Waals surface area (Å²) in [5.41, 5.74) is 6.11. The number of piperidine rings is 4. The summed E-state index contributed by atoms with van der Waals surface area (Å²) in [4.78, 5) is 40.8. The van der Waals surface area contributed by atoms with Gasteiger partial charge in [0.15, 0.2) is 0 Å². The normalized spacial score (nSPS) is 18.9. The second-order valence-corrected chi connectivity index (χ2v) is 21.6. The van der Waals surface area contributed by atoms with Gasteiger partial charge in [-0.2, -0.15) is 0 Å². The van der Waals surface area contributed by atoms with Crippen LogP contribution in [-0.2, 0) is 9.59 Å². The number of carbonyl (C=O) groups excluding carboxylic acids is 2. The summed E-state index contributed by atoms with van der Waals surface area (Å²) in [5.74, 6) is 1.91. The van der Waals surface area contributed by atoms with Crippen LogP contribution in [0.1, 0.15) is 85.5 Å². The van der Waals surface area contributed by atoms with Gasteiger partial charge in [-0.15, -0.1) is 0 Å². The van der Waals surface area contributed by atoms with Crippen LogP contribution in [0.15, 0.2) is 97.3 Å². The van der Waals surface area contributed by atoms with Crippen LogP contribution in [-0.4, -0.2) is 143 Å². The summed E-state index contributed by atoms with van der Waals surface area (Å²) in [7, 11) is 3.38. The lowest BCUT2D eigenvalue weighted by Gasteiger charge is -2.43. The van der Waals surface area contributed by atoms with E-state index in [4.69, 9.17) is 32.7 Å². The second kappa shape index (κ2) is 25.6. The van der Waals surface area contributed by atoms with E-state index < -0.39 is 11.6 Å². The molecular weight excluding hydrogens is 1010 g/mol. The third-order valence-corrected chi connectivity index (χ3v) is 17.3. The number of ether oxygens (including phenoxy) is 2. The van der Waals surface area contributed by atoms with E-state index in [2.05, 4.69) is 56.4 Å². The van der Waals surface area contributed by atoms with Crippen molar-refractivity contribution in [1.29, 1.82) is 0 Å². The van der Waals surface area contributed by atoms with Crippen molar-refractivity contribution in [2.45, 2.75) is 75.3 Å². The number of methoxy groups -OCH3 is 2. The van der Waals surface area contributed by atoms with Gasteiger partial charge in [0.05, 0.1) is 37.5 Å². The van der Waals surface area contributed by atoms with E-state index in [9.17, 15) is 28.6 Å². The van der Waals surface area contributed by atoms with Crippen molar-refractivity contribution >= 4 is 69.0 Å². The number of hydrogen-bond donors (Lipinski definition) is 4. The van der Waals surface area contributed by atoms with Gasteiger partial charge >= 0.3 is 0 Å². The Bertz CT molecular complexity index is 2970. The fourth-order valence-electron chi connectivity index (χ4n) is 12.2. The first-order valence-corrected chi connectivity index (χ1v) is 27.5. The van der Waals surface area contributed by atoms with Gasteiger partial charge in [-0.1, -0.05) is 29.3 Å². The molecule has 4 N–H and O–H groups in total. The summed E-state index contributed by atoms with van der Waals surface area (Å²) >= 11 is 12.1. The number of H-pyrrole nitrogens is 2. The number of aliphatic hydroxyl groups is 2. The van der Waals surface area contributed by atoms with Crippen molar-refractivity contribution in [1.82, 2.24) is 29.6 Å². The van der Waals surface area contributed by atoms with Gasteiger partial charge in [0.1, 0.15) is 23.1 Å². The van der Waals surface area contributed by atoms with Crippen molar-refractivity contribution in [3.05, 3.63) is 141 Å². The number of hydrogen-bond acceptors (Lipinski definition) is 8. The monoisotopic (exact) mass is 1080 g/mol. The number of aromatic nitrogens is 2. The van der Waals surface area contributed by atoms with Gasteiger partial charge < -0.3 is 39.5 Å². The number of halogens is 4. The Hall–Kier alpha value is -5.74. The number of fused-ring (bicyclic) bond motifs is 2. The molecule has 4 saturated heterocycles. The molecule has 0 radical (unpaired) electrons. The van der Waals surface area contributed by atoms with Crippen molar-refractivity contribution in [3.8, 4) is 11.5 Å². The zero-order valence-electron chi connectivity index (χ0n) is 43.4. The van der Waals surface area contributed by atoms with Gasteiger partial charge in [-0.05, 0) is 190 Å². The molecule has 2 amide bonds. The molecule has 4 aliphatic heterocycles. The number of nitrogens with one attached hydrogen (secondary N) is 2. The van der Waals surface area contributed by atoms with E-state index >= 15 is 0 Å². The van der Waals surface area contributed by atoms with Crippen molar-refractivity contribution in [2.24, 2.45) is 11.8 Å². The SMILES string of the molecule is COc1ccc2[nH]cc(C3CCN(C(CO)C4CCN(C(=O)/C=C/c5cc(F)cc(F)c5)CC4)CC3)c2c1.COc1ccc2c(C3CCN(C(CO)C4CCN(C(=O)/C=C/c5ccc(Cl)c(Cl)c5)CC4)CC3)c[nH]c2c1. The average Bonchev–Trinajstić information content (AvgIpc) is 4.08. The van der Waals surface area contributed by atoms with Crippen LogP contribution in [0.3, 0.4) is 0 Å². The van der Waals surface area contributed by atoms with Crippen LogP contribution >= 0.6 is 23.2 Å². The molecule has 12 nitrogen and oxygen atoms in total. The van der Waals surface area contributed by atoms with E-state index in [1.54, 1.807) is 43.4 Å². The number of aliphatic hydroxyl groups excluding tert-OH is 2. The first kappa shape index (κ1) is 55.0. The number of aromatic amines is 2. The zero-order chi connectivity index (χ0) is 53.3. The fourth-order valence-corrected chi connectivity index (χ4v) is 12.5. The van der Waals surface area contributed by atoms with Gasteiger partial charge in [0.2, 0.25) is 11.8 Å². The third-order valence-electron chi connectivity index (χ3n) is 16.5. The summed E-state index contributed by atoms with van der Waals surface area (Å²) < 4.78 is 37.6. The van der Waals surface area contributed by atoms with Crippen LogP contribution in [0.2, 0.25) is 10.0 Å². The first-order valence-electron chi connectivity index (χ1n) is 26.8. The molecule has 0 bridgehead atoms. The van der Waals surface area contributed by atoms with Crippen LogP contribution < -0.4 is 9.47 Å². The molecule has 2 atom stereocenters. The summed E-state index contributed by atoms with van der Waals surface area (Å²) in [6.07, 6.45) is 18.2. The van der Waals surface area contributed by atoms with Crippen LogP contribution in [0.25, 0.3) is 34.0 Å². The molecule has 4 fully saturated rings. The van der Waals surface area contributed by atoms with Crippen molar-refractivity contribution in [2.75, 3.05) is 79.8 Å². The Morgan fingerprint density at radius 2 is 1.07 bits per heavy atom. The second-order valence-electron chi connectivity index (χ2n) is 20.8. The molecule has 0 spiro atoms. The van der Waals surface area contributed by atoms with E-state index in [1.807, 2.05) is 23.1 Å². The van der Waals surface area contributed by atoms with E-state index in [-0.39, 0.29) is 37.1 Å². The average molecular weight is 1080 g/mol. The topological polar surface area (TPSA) is 138 Å². The van der Waals surface area contributed by atoms with E-state index in [0.29, 0.717) is 65.5 Å². The number of rotatable bonds is 14. The Labute approximate surface area is 454 Å². The molecule has 10 rings (SSSR count). The number of likely N-dealkylation sites (tertiary alicyclic amines) is 4. The standard InChI is InChI=1S/C30H35Cl2N3O3.C30H35F2N3O3/c1-38-23-4-5-24-25(18-33-28(24)17-23)21-8-12-34(13-9-21)29(19-36)22-10-14-35(15-11-22)30(37)7-3-20-2-6-26(31)27(32)16-20;1-38-25-3-4-28-26(17-25)27(18-33-28)21-6-10-34(11-7-21)29(19-36)22-8-12-35(13-9-22)30(37)5-2-20-14-23(31)16-24(32)15-20/h2-7,16-18,21-22,29,33,36H,8-15,19H2,1H3;2-5,14-18,21-22,29,33,36H,6-13,19H2,1H3/b7-3+;5-2+. The quantitative estimate of drug-likeness (QED) is 0.0792. The number of nitrogens with zero attached hydrogens (tertiary/aromatic N) is 4. The minimum atomic E-state index is -0.668. The minimum Gasteiger partial charge on any atom is -0.497 e. The lowest BCUT2D eigenvalue weighted by atomic mass is 9.84. The highest BCUT2D eigenvalue weighted by atomic mass is 35.5. The maximum Gasteiger partial charge on any atom is 0.246 e. The fraction of sp³-hybridized carbons (Fsp3) is 0.433. The largest absolute Gasteiger partial charge is 0.497 e. The summed E-state index contributed by atoms with van der Waals surface area (Å²) in [6, 6.07) is 21.1. The molecule has 6 aromatic rings. The maximum absolute atomic E-state index is 13.4. The van der Waals surface area contributed by atoms with Gasteiger partial charge in [0.25, 0.3) is 0 Å². The van der Waals surface area contributed by atoms with Gasteiger partial charge in [-0.3, -0.25) is 19.4 Å². The molecule has 76 heavy (non-hydrogen) atoms. The lowest BCUT2D eigenvalue weighted by molar-refractivity contribution is -0.128. The minimum absolute atomic E-state index is 0.00670. The highest BCUT2D eigenvalue weighted by Gasteiger charge is 2.36. The number of carbonyl (C=O) groups is 2. The van der Waals surface area contributed by atoms with Crippen molar-refractivity contribution < 1.29 is 38.1 Å². The molecule has 2 aromatic heterocycles. The molecule has 6 heterocycles. The lowest BCUT2D eigenvalue weighted by Crippen LogP contribution is -2.50. The molecule has 0 aliphatic carbocycles. The van der Waals surface area contributed by atoms with Crippen LogP contribution in [0.4, 0.5) is 8.78 Å². The van der Waals surface area contributed by atoms with Gasteiger partial charge in [-0.25, -0.2) is 8.78 Å². The molecule has 404 valence electrons. The number of amides is 2. The Morgan fingerprint density at radius 3 is 1.58 bits per heavy atom. The zero-order valence-corrected chi connectivity index (χ0v) is 44.9. The predicted octanol–water partition coefficient (Wildman–Crippen LogP) is 10.9. The molecule has 0 saturated carbocycles.